The largest absolute Gasteiger partial charge is 0.465 e. The molecule has 2 rings (SSSR count). The molecule has 5 heteroatoms. The van der Waals surface area contributed by atoms with Gasteiger partial charge >= 0.3 is 5.97 Å². The average molecular weight is 263 g/mol. The second-order valence-electron chi connectivity index (χ2n) is 5.01. The molecule has 1 aliphatic heterocycles. The fourth-order valence-electron chi connectivity index (χ4n) is 2.71. The number of anilines is 1. The zero-order valence-corrected chi connectivity index (χ0v) is 11.5. The van der Waals surface area contributed by atoms with E-state index in [-0.39, 0.29) is 12.0 Å². The number of ether oxygens (including phenoxy) is 1. The number of nitrogens with two attached hydrogens (primary N) is 1. The van der Waals surface area contributed by atoms with Gasteiger partial charge in [-0.1, -0.05) is 6.92 Å². The number of carbonyl (C=O) groups is 1. The summed E-state index contributed by atoms with van der Waals surface area (Å²) in [7, 11) is 1.38. The van der Waals surface area contributed by atoms with Crippen molar-refractivity contribution in [1.82, 2.24) is 4.98 Å². The Morgan fingerprint density at radius 2 is 2.42 bits per heavy atom. The van der Waals surface area contributed by atoms with Gasteiger partial charge in [0.2, 0.25) is 0 Å². The Labute approximate surface area is 113 Å². The summed E-state index contributed by atoms with van der Waals surface area (Å²) >= 11 is 0. The molecular weight excluding hydrogens is 242 g/mol. The zero-order valence-electron chi connectivity index (χ0n) is 11.5. The van der Waals surface area contributed by atoms with Crippen LogP contribution in [0.5, 0.6) is 0 Å². The van der Waals surface area contributed by atoms with Crippen molar-refractivity contribution in [3.63, 3.8) is 0 Å². The van der Waals surface area contributed by atoms with Crippen LogP contribution in [0.2, 0.25) is 0 Å². The van der Waals surface area contributed by atoms with Gasteiger partial charge in [-0.25, -0.2) is 9.78 Å². The summed E-state index contributed by atoms with van der Waals surface area (Å²) in [6, 6.07) is 3.74. The molecule has 2 N–H and O–H groups in total. The van der Waals surface area contributed by atoms with Gasteiger partial charge in [-0.3, -0.25) is 0 Å². The fraction of sp³-hybridized carbons (Fsp3) is 0.571. The third-order valence-corrected chi connectivity index (χ3v) is 3.82. The van der Waals surface area contributed by atoms with E-state index in [9.17, 15) is 4.79 Å². The van der Waals surface area contributed by atoms with Crippen LogP contribution in [0.15, 0.2) is 18.3 Å². The second-order valence-corrected chi connectivity index (χ2v) is 5.01. The van der Waals surface area contributed by atoms with E-state index in [1.165, 1.54) is 13.5 Å². The average Bonchev–Trinajstić information content (AvgIpc) is 2.46. The normalized spacial score (nSPS) is 23.2. The summed E-state index contributed by atoms with van der Waals surface area (Å²) in [6.45, 7) is 3.75. The predicted octanol–water partition coefficient (Wildman–Crippen LogP) is 1.43. The van der Waals surface area contributed by atoms with Gasteiger partial charge in [0, 0.05) is 25.3 Å². The van der Waals surface area contributed by atoms with Crippen LogP contribution in [0.4, 0.5) is 5.82 Å². The Kier molecular flexibility index (Phi) is 4.37. The highest BCUT2D eigenvalue weighted by atomic mass is 16.5. The Morgan fingerprint density at radius 1 is 1.63 bits per heavy atom. The van der Waals surface area contributed by atoms with Crippen molar-refractivity contribution in [1.29, 1.82) is 0 Å². The van der Waals surface area contributed by atoms with Crippen molar-refractivity contribution in [3.8, 4) is 0 Å². The Hall–Kier alpha value is -1.62. The number of esters is 1. The molecule has 1 aromatic rings. The molecule has 0 radical (unpaired) electrons. The number of hydrogen-bond acceptors (Lipinski definition) is 5. The molecule has 1 saturated heterocycles. The summed E-state index contributed by atoms with van der Waals surface area (Å²) in [5.74, 6) is 1.02. The van der Waals surface area contributed by atoms with Crippen molar-refractivity contribution in [2.24, 2.45) is 11.7 Å². The lowest BCUT2D eigenvalue weighted by molar-refractivity contribution is 0.0600. The first kappa shape index (κ1) is 13.8. The molecule has 2 atom stereocenters. The number of nitrogens with zero attached hydrogens (tertiary/aromatic N) is 2. The number of aromatic nitrogens is 1. The maximum absolute atomic E-state index is 11.6. The topological polar surface area (TPSA) is 68.5 Å². The number of rotatable bonds is 3. The third-order valence-electron chi connectivity index (χ3n) is 3.82. The highest BCUT2D eigenvalue weighted by Gasteiger charge is 2.28. The molecule has 0 aliphatic carbocycles. The summed E-state index contributed by atoms with van der Waals surface area (Å²) < 4.78 is 4.74. The highest BCUT2D eigenvalue weighted by molar-refractivity contribution is 5.90. The van der Waals surface area contributed by atoms with Crippen LogP contribution in [-0.4, -0.2) is 37.2 Å². The molecular formula is C14H21N3O2. The SMILES string of the molecule is COC(=O)c1ccnc(N2CCCC(C)C2CN)c1. The molecule has 2 heterocycles. The van der Waals surface area contributed by atoms with Crippen LogP contribution in [0.3, 0.4) is 0 Å². The number of hydrogen-bond donors (Lipinski definition) is 1. The lowest BCUT2D eigenvalue weighted by Gasteiger charge is -2.40. The monoisotopic (exact) mass is 263 g/mol. The van der Waals surface area contributed by atoms with Crippen molar-refractivity contribution in [2.75, 3.05) is 25.1 Å². The van der Waals surface area contributed by atoms with Crippen LogP contribution in [0.1, 0.15) is 30.1 Å². The highest BCUT2D eigenvalue weighted by Crippen LogP contribution is 2.27. The van der Waals surface area contributed by atoms with Gasteiger partial charge in [0.15, 0.2) is 0 Å². The van der Waals surface area contributed by atoms with E-state index in [4.69, 9.17) is 10.5 Å². The van der Waals surface area contributed by atoms with E-state index in [0.717, 1.165) is 18.8 Å². The molecule has 1 fully saturated rings. The van der Waals surface area contributed by atoms with E-state index in [0.29, 0.717) is 18.0 Å². The van der Waals surface area contributed by atoms with Gasteiger partial charge in [0.25, 0.3) is 0 Å². The summed E-state index contributed by atoms with van der Waals surface area (Å²) in [6.07, 6.45) is 3.96. The smallest absolute Gasteiger partial charge is 0.338 e. The van der Waals surface area contributed by atoms with Gasteiger partial charge < -0.3 is 15.4 Å². The molecule has 0 bridgehead atoms. The minimum Gasteiger partial charge on any atom is -0.465 e. The maximum Gasteiger partial charge on any atom is 0.338 e. The van der Waals surface area contributed by atoms with E-state index in [1.807, 2.05) is 0 Å². The van der Waals surface area contributed by atoms with Crippen molar-refractivity contribution in [3.05, 3.63) is 23.9 Å². The first-order chi connectivity index (χ1) is 9.17. The Bertz CT molecular complexity index is 450. The molecule has 1 aliphatic rings. The number of pyridine rings is 1. The van der Waals surface area contributed by atoms with Gasteiger partial charge in [-0.05, 0) is 30.9 Å². The molecule has 0 spiro atoms. The molecule has 5 nitrogen and oxygen atoms in total. The van der Waals surface area contributed by atoms with Crippen LogP contribution < -0.4 is 10.6 Å². The lowest BCUT2D eigenvalue weighted by atomic mass is 9.91. The van der Waals surface area contributed by atoms with Crippen LogP contribution >= 0.6 is 0 Å². The van der Waals surface area contributed by atoms with Crippen molar-refractivity contribution in [2.45, 2.75) is 25.8 Å². The van der Waals surface area contributed by atoms with Gasteiger partial charge in [-0.2, -0.15) is 0 Å². The predicted molar refractivity (Wildman–Crippen MR) is 74.2 cm³/mol. The zero-order chi connectivity index (χ0) is 13.8. The lowest BCUT2D eigenvalue weighted by Crippen LogP contribution is -2.49. The van der Waals surface area contributed by atoms with Crippen molar-refractivity contribution >= 4 is 11.8 Å². The fourth-order valence-corrected chi connectivity index (χ4v) is 2.71. The van der Waals surface area contributed by atoms with Crippen LogP contribution in [0, 0.1) is 5.92 Å². The second kappa shape index (κ2) is 6.02. The summed E-state index contributed by atoms with van der Waals surface area (Å²) in [5.41, 5.74) is 6.41. The van der Waals surface area contributed by atoms with E-state index >= 15 is 0 Å². The molecule has 19 heavy (non-hydrogen) atoms. The first-order valence-electron chi connectivity index (χ1n) is 6.68. The number of piperidine rings is 1. The quantitative estimate of drug-likeness (QED) is 0.836. The minimum atomic E-state index is -0.335. The molecule has 0 aromatic carbocycles. The van der Waals surface area contributed by atoms with E-state index in [1.54, 1.807) is 18.3 Å². The minimum absolute atomic E-state index is 0.286. The Morgan fingerprint density at radius 3 is 3.11 bits per heavy atom. The molecule has 104 valence electrons. The van der Waals surface area contributed by atoms with Crippen LogP contribution in [-0.2, 0) is 4.74 Å². The maximum atomic E-state index is 11.6. The van der Waals surface area contributed by atoms with E-state index < -0.39 is 0 Å². The summed E-state index contributed by atoms with van der Waals surface area (Å²) in [4.78, 5) is 18.2. The van der Waals surface area contributed by atoms with Gasteiger partial charge in [-0.15, -0.1) is 0 Å². The molecule has 1 aromatic heterocycles. The molecule has 0 saturated carbocycles. The molecule has 2 unspecified atom stereocenters. The molecule has 0 amide bonds. The first-order valence-corrected chi connectivity index (χ1v) is 6.68. The van der Waals surface area contributed by atoms with Crippen molar-refractivity contribution < 1.29 is 9.53 Å². The third kappa shape index (κ3) is 2.87. The Balaban J connectivity index is 2.27. The van der Waals surface area contributed by atoms with Gasteiger partial charge in [0.05, 0.1) is 12.7 Å². The number of methoxy groups -OCH3 is 1. The number of carbonyl (C=O) groups excluding carboxylic acids is 1. The standard InChI is InChI=1S/C14H21N3O2/c1-10-4-3-7-17(12(10)9-15)13-8-11(5-6-16-13)14(18)19-2/h5-6,8,10,12H,3-4,7,9,15H2,1-2H3. The summed E-state index contributed by atoms with van der Waals surface area (Å²) in [5, 5.41) is 0. The van der Waals surface area contributed by atoms with E-state index in [2.05, 4.69) is 16.8 Å². The van der Waals surface area contributed by atoms with Gasteiger partial charge in [0.1, 0.15) is 5.82 Å². The van der Waals surface area contributed by atoms with Crippen LogP contribution in [0.25, 0.3) is 0 Å².